The van der Waals surface area contributed by atoms with Crippen molar-refractivity contribution in [2.75, 3.05) is 23.0 Å². The predicted octanol–water partition coefficient (Wildman–Crippen LogP) is 12.3. The number of anilines is 4. The molecule has 1 heterocycles. The topological polar surface area (TPSA) is 269 Å². The van der Waals surface area contributed by atoms with E-state index in [1.807, 2.05) is 0 Å². The molecule has 0 saturated heterocycles. The maximum absolute atomic E-state index is 14.0. The summed E-state index contributed by atoms with van der Waals surface area (Å²) in [7, 11) is 0. The molecular formula is C52H34N6O16. The van der Waals surface area contributed by atoms with Gasteiger partial charge in [0.25, 0.3) is 11.8 Å². The second-order valence-corrected chi connectivity index (χ2v) is 15.7. The first-order valence-corrected chi connectivity index (χ1v) is 21.8. The summed E-state index contributed by atoms with van der Waals surface area (Å²) in [6.07, 6.45) is 0. The number of amides is 2. The quantitative estimate of drug-likeness (QED) is 0.0723. The molecule has 0 saturated carbocycles. The fourth-order valence-corrected chi connectivity index (χ4v) is 7.58. The maximum Gasteiger partial charge on any atom is 0.318 e. The largest absolute Gasteiger partial charge is 0.483 e. The van der Waals surface area contributed by atoms with E-state index in [1.165, 1.54) is 34.1 Å². The van der Waals surface area contributed by atoms with Crippen molar-refractivity contribution >= 4 is 57.3 Å². The lowest BCUT2D eigenvalue weighted by molar-refractivity contribution is -0.395. The van der Waals surface area contributed by atoms with E-state index < -0.39 is 90.5 Å². The van der Waals surface area contributed by atoms with Crippen LogP contribution in [0.1, 0.15) is 0 Å². The van der Waals surface area contributed by atoms with Crippen LogP contribution in [0.15, 0.2) is 182 Å². The number of hydrogen-bond acceptors (Lipinski definition) is 16. The number of nitro benzene ring substituents is 4. The number of para-hydroxylation sites is 4. The Labute approximate surface area is 416 Å². The maximum atomic E-state index is 14.0. The minimum atomic E-state index is -0.948. The average molecular weight is 999 g/mol. The van der Waals surface area contributed by atoms with Gasteiger partial charge < -0.3 is 28.4 Å². The van der Waals surface area contributed by atoms with Gasteiger partial charge in [0.2, 0.25) is 23.0 Å². The number of carbonyl (C=O) groups is 2. The zero-order valence-electron chi connectivity index (χ0n) is 37.9. The molecule has 22 nitrogen and oxygen atoms in total. The van der Waals surface area contributed by atoms with Crippen molar-refractivity contribution in [1.29, 1.82) is 0 Å². The Morgan fingerprint density at radius 1 is 0.365 bits per heavy atom. The van der Waals surface area contributed by atoms with Crippen molar-refractivity contribution < 1.29 is 57.7 Å². The number of hydrogen-bond donors (Lipinski definition) is 0. The van der Waals surface area contributed by atoms with Crippen molar-refractivity contribution in [1.82, 2.24) is 0 Å². The molecule has 0 N–H and O–H groups in total. The molecular weight excluding hydrogens is 965 g/mol. The lowest BCUT2D eigenvalue weighted by Gasteiger charge is -2.23. The van der Waals surface area contributed by atoms with E-state index in [9.17, 15) is 50.0 Å². The Bertz CT molecular complexity index is 3060. The van der Waals surface area contributed by atoms with Crippen LogP contribution in [0.25, 0.3) is 0 Å². The molecule has 0 fully saturated rings. The van der Waals surface area contributed by atoms with Crippen LogP contribution in [0.5, 0.6) is 57.5 Å². The van der Waals surface area contributed by atoms with Crippen molar-refractivity contribution in [3.8, 4) is 57.5 Å². The molecule has 368 valence electrons. The van der Waals surface area contributed by atoms with Crippen molar-refractivity contribution in [2.45, 2.75) is 0 Å². The minimum Gasteiger partial charge on any atom is -0.483 e. The van der Waals surface area contributed by atoms with Gasteiger partial charge in [0, 0.05) is 71.3 Å². The van der Waals surface area contributed by atoms with Gasteiger partial charge in [-0.25, -0.2) is 0 Å². The van der Waals surface area contributed by atoms with Gasteiger partial charge >= 0.3 is 22.7 Å². The summed E-state index contributed by atoms with van der Waals surface area (Å²) in [4.78, 5) is 77.1. The number of ether oxygens (including phenoxy) is 6. The van der Waals surface area contributed by atoms with Gasteiger partial charge in [0.15, 0.2) is 13.2 Å². The molecule has 8 bridgehead atoms. The van der Waals surface area contributed by atoms with Gasteiger partial charge in [-0.1, -0.05) is 72.8 Å². The number of nitrogens with zero attached hydrogens (tertiary/aromatic N) is 6. The minimum absolute atomic E-state index is 0.188. The van der Waals surface area contributed by atoms with Crippen LogP contribution in [-0.2, 0) is 9.59 Å². The van der Waals surface area contributed by atoms with Crippen LogP contribution < -0.4 is 38.2 Å². The van der Waals surface area contributed by atoms with Gasteiger partial charge in [-0.3, -0.25) is 59.8 Å². The molecule has 74 heavy (non-hydrogen) atoms. The van der Waals surface area contributed by atoms with Crippen molar-refractivity contribution in [3.05, 3.63) is 222 Å². The molecule has 8 aromatic carbocycles. The number of benzene rings is 8. The molecule has 1 aliphatic heterocycles. The molecule has 0 unspecified atom stereocenters. The number of fused-ring (bicyclic) bond motifs is 8. The Morgan fingerprint density at radius 2 is 0.608 bits per heavy atom. The highest BCUT2D eigenvalue weighted by atomic mass is 16.6. The van der Waals surface area contributed by atoms with Crippen LogP contribution in [0.4, 0.5) is 45.5 Å². The molecule has 0 atom stereocenters. The van der Waals surface area contributed by atoms with E-state index in [1.54, 1.807) is 121 Å². The van der Waals surface area contributed by atoms with Gasteiger partial charge in [0.05, 0.1) is 19.7 Å². The molecule has 0 aromatic heterocycles. The molecule has 2 amide bonds. The molecule has 0 radical (unpaired) electrons. The zero-order valence-corrected chi connectivity index (χ0v) is 37.9. The van der Waals surface area contributed by atoms with E-state index in [2.05, 4.69) is 0 Å². The summed E-state index contributed by atoms with van der Waals surface area (Å²) in [6, 6.07) is 44.4. The van der Waals surface area contributed by atoms with E-state index >= 15 is 0 Å². The van der Waals surface area contributed by atoms with E-state index in [0.717, 1.165) is 24.3 Å². The molecule has 1 aliphatic rings. The van der Waals surface area contributed by atoms with E-state index in [4.69, 9.17) is 28.4 Å². The summed E-state index contributed by atoms with van der Waals surface area (Å²) in [5.74, 6) is -5.33. The summed E-state index contributed by atoms with van der Waals surface area (Å²) in [6.45, 7) is -1.29. The van der Waals surface area contributed by atoms with Crippen molar-refractivity contribution in [2.24, 2.45) is 0 Å². The smallest absolute Gasteiger partial charge is 0.318 e. The fraction of sp³-hybridized carbons (Fsp3) is 0.0385. The van der Waals surface area contributed by atoms with E-state index in [-0.39, 0.29) is 34.5 Å². The molecule has 0 spiro atoms. The third-order valence-electron chi connectivity index (χ3n) is 10.8. The first-order valence-electron chi connectivity index (χ1n) is 21.8. The highest BCUT2D eigenvalue weighted by molar-refractivity contribution is 6.02. The zero-order chi connectivity index (χ0) is 51.9. The molecule has 22 heteroatoms. The number of rotatable bonds is 14. The normalized spacial score (nSPS) is 11.2. The summed E-state index contributed by atoms with van der Waals surface area (Å²) in [5, 5.41) is 50.1. The lowest BCUT2D eigenvalue weighted by atomic mass is 10.2. The van der Waals surface area contributed by atoms with Gasteiger partial charge in [-0.15, -0.1) is 0 Å². The van der Waals surface area contributed by atoms with E-state index in [0.29, 0.717) is 34.9 Å². The molecule has 0 aliphatic carbocycles. The highest BCUT2D eigenvalue weighted by Gasteiger charge is 2.32. The predicted molar refractivity (Wildman–Crippen MR) is 264 cm³/mol. The van der Waals surface area contributed by atoms with Crippen LogP contribution >= 0.6 is 0 Å². The third-order valence-corrected chi connectivity index (χ3v) is 10.8. The van der Waals surface area contributed by atoms with Crippen LogP contribution in [0, 0.1) is 40.5 Å². The SMILES string of the molecule is O=C(COc1cc2cc(c1)Oc1cc(c([N+](=O)[O-])cc1[N+](=O)[O-])Oc1cc(OCC(=O)N(c3ccccc3)c3ccccc3)cc(c1)Oc1cc(c([N+](=O)[O-])cc1[N+](=O)[O-])O2)N(c1ccccc1)c1ccccc1. The first kappa shape index (κ1) is 48.1. The lowest BCUT2D eigenvalue weighted by Crippen LogP contribution is -2.30. The second kappa shape index (κ2) is 21.0. The standard InChI is InChI=1S/C52H34N6O16/c59-51(53(33-13-5-1-6-14-33)34-15-7-2-8-16-34)31-69-37-21-39-25-40(22-37)72-48-30-50(46(58(67)68)28-44(48)56(63)64)74-42-24-38(70-32-52(60)54(35-17-9-3-10-18-35)36-19-11-4-12-20-36)23-41(26-42)73-49-29-47(71-39)43(55(61)62)27-45(49)57(65)66/h1-30H,31-32H2. The summed E-state index contributed by atoms with van der Waals surface area (Å²) < 4.78 is 36.1. The Kier molecular flexibility index (Phi) is 13.7. The second-order valence-electron chi connectivity index (χ2n) is 15.7. The average Bonchev–Trinajstić information content (AvgIpc) is 3.38. The first-order chi connectivity index (χ1) is 35.8. The third kappa shape index (κ3) is 10.8. The summed E-state index contributed by atoms with van der Waals surface area (Å²) in [5.41, 5.74) is -1.67. The monoisotopic (exact) mass is 998 g/mol. The molecule has 9 rings (SSSR count). The Morgan fingerprint density at radius 3 is 0.838 bits per heavy atom. The number of carbonyl (C=O) groups excluding carboxylic acids is 2. The van der Waals surface area contributed by atoms with Gasteiger partial charge in [0.1, 0.15) is 46.6 Å². The van der Waals surface area contributed by atoms with Crippen molar-refractivity contribution in [3.63, 3.8) is 0 Å². The van der Waals surface area contributed by atoms with Crippen LogP contribution in [0.3, 0.4) is 0 Å². The van der Waals surface area contributed by atoms with Crippen LogP contribution in [0.2, 0.25) is 0 Å². The van der Waals surface area contributed by atoms with Gasteiger partial charge in [-0.2, -0.15) is 0 Å². The Balaban J connectivity index is 1.14. The summed E-state index contributed by atoms with van der Waals surface area (Å²) >= 11 is 0. The highest BCUT2D eigenvalue weighted by Crippen LogP contribution is 2.48. The van der Waals surface area contributed by atoms with Crippen LogP contribution in [-0.4, -0.2) is 44.7 Å². The molecule has 8 aromatic rings. The number of nitro groups is 4. The Hall–Kier alpha value is -10.9. The van der Waals surface area contributed by atoms with Gasteiger partial charge in [-0.05, 0) is 48.5 Å². The fourth-order valence-electron chi connectivity index (χ4n) is 7.58.